The number of hydrogen-bond donors (Lipinski definition) is 2. The quantitative estimate of drug-likeness (QED) is 0.522. The summed E-state index contributed by atoms with van der Waals surface area (Å²) < 4.78 is 0. The normalized spacial score (nSPS) is 23.7. The first-order valence-corrected chi connectivity index (χ1v) is 4.94. The van der Waals surface area contributed by atoms with Gasteiger partial charge in [-0.15, -0.1) is 0 Å². The molecule has 0 amide bonds. The molecule has 1 aliphatic rings. The van der Waals surface area contributed by atoms with Gasteiger partial charge in [-0.25, -0.2) is 0 Å². The number of carbonyl (C=O) groups excluding carboxylic acids is 1. The van der Waals surface area contributed by atoms with Gasteiger partial charge in [0.2, 0.25) is 0 Å². The number of allylic oxidation sites excluding steroid dienone is 1. The maximum absolute atomic E-state index is 10.8. The molecule has 1 aliphatic heterocycles. The number of piperidine rings is 1. The zero-order chi connectivity index (χ0) is 10.6. The maximum atomic E-state index is 10.8. The summed E-state index contributed by atoms with van der Waals surface area (Å²) in [5.74, 6) is -0.194. The van der Waals surface area contributed by atoms with Crippen molar-refractivity contribution in [2.24, 2.45) is 0 Å². The standard InChI is InChI=1S/C10H17NO3/c1-8(13)6-10(14)11-5-3-2-4-9(11)7-12/h6,9,12,14H,2-5,7H2,1H3/b10-6-. The molecule has 1 rings (SSSR count). The van der Waals surface area contributed by atoms with Crippen LogP contribution >= 0.6 is 0 Å². The molecule has 0 saturated carbocycles. The molecular weight excluding hydrogens is 182 g/mol. The van der Waals surface area contributed by atoms with Crippen molar-refractivity contribution in [3.8, 4) is 0 Å². The Morgan fingerprint density at radius 1 is 1.57 bits per heavy atom. The molecule has 4 nitrogen and oxygen atoms in total. The average molecular weight is 199 g/mol. The highest BCUT2D eigenvalue weighted by Gasteiger charge is 2.23. The molecule has 0 aromatic rings. The van der Waals surface area contributed by atoms with Crippen molar-refractivity contribution in [2.75, 3.05) is 13.2 Å². The largest absolute Gasteiger partial charge is 0.495 e. The van der Waals surface area contributed by atoms with E-state index in [1.54, 1.807) is 4.90 Å². The van der Waals surface area contributed by atoms with Crippen LogP contribution in [0.25, 0.3) is 0 Å². The summed E-state index contributed by atoms with van der Waals surface area (Å²) >= 11 is 0. The first-order valence-electron chi connectivity index (χ1n) is 4.94. The summed E-state index contributed by atoms with van der Waals surface area (Å²) in [5, 5.41) is 18.7. The van der Waals surface area contributed by atoms with Crippen molar-refractivity contribution in [3.05, 3.63) is 12.0 Å². The molecule has 1 heterocycles. The van der Waals surface area contributed by atoms with Gasteiger partial charge in [-0.05, 0) is 26.2 Å². The van der Waals surface area contributed by atoms with Gasteiger partial charge in [-0.1, -0.05) is 0 Å². The summed E-state index contributed by atoms with van der Waals surface area (Å²) in [6, 6.07) is -0.0423. The third-order valence-corrected chi connectivity index (χ3v) is 2.46. The predicted molar refractivity (Wildman–Crippen MR) is 52.8 cm³/mol. The van der Waals surface area contributed by atoms with Gasteiger partial charge in [0.25, 0.3) is 0 Å². The predicted octanol–water partition coefficient (Wildman–Crippen LogP) is 0.822. The lowest BCUT2D eigenvalue weighted by atomic mass is 10.0. The van der Waals surface area contributed by atoms with E-state index in [4.69, 9.17) is 5.11 Å². The van der Waals surface area contributed by atoms with Gasteiger partial charge < -0.3 is 15.1 Å². The van der Waals surface area contributed by atoms with E-state index >= 15 is 0 Å². The third-order valence-electron chi connectivity index (χ3n) is 2.46. The number of nitrogens with zero attached hydrogens (tertiary/aromatic N) is 1. The van der Waals surface area contributed by atoms with Gasteiger partial charge in [0, 0.05) is 12.6 Å². The zero-order valence-electron chi connectivity index (χ0n) is 8.44. The molecule has 1 saturated heterocycles. The number of rotatable bonds is 3. The highest BCUT2D eigenvalue weighted by molar-refractivity contribution is 5.87. The molecule has 1 atom stereocenters. The highest BCUT2D eigenvalue weighted by atomic mass is 16.3. The minimum atomic E-state index is -0.176. The third kappa shape index (κ3) is 2.73. The Bertz CT molecular complexity index is 238. The molecule has 0 bridgehead atoms. The molecule has 2 N–H and O–H groups in total. The SMILES string of the molecule is CC(=O)/C=C(\O)N1CCCCC1CO. The van der Waals surface area contributed by atoms with Crippen molar-refractivity contribution in [3.63, 3.8) is 0 Å². The number of aliphatic hydroxyl groups is 2. The van der Waals surface area contributed by atoms with Crippen molar-refractivity contribution in [2.45, 2.75) is 32.2 Å². The van der Waals surface area contributed by atoms with Crippen LogP contribution in [0, 0.1) is 0 Å². The second kappa shape index (κ2) is 5.00. The van der Waals surface area contributed by atoms with E-state index in [1.165, 1.54) is 13.0 Å². The number of aliphatic hydroxyl groups excluding tert-OH is 2. The monoisotopic (exact) mass is 199 g/mol. The highest BCUT2D eigenvalue weighted by Crippen LogP contribution is 2.19. The van der Waals surface area contributed by atoms with E-state index in [9.17, 15) is 9.90 Å². The van der Waals surface area contributed by atoms with E-state index < -0.39 is 0 Å². The Labute approximate surface area is 83.8 Å². The van der Waals surface area contributed by atoms with Crippen LogP contribution < -0.4 is 0 Å². The summed E-state index contributed by atoms with van der Waals surface area (Å²) in [5.41, 5.74) is 0. The number of hydrogen-bond acceptors (Lipinski definition) is 4. The zero-order valence-corrected chi connectivity index (χ0v) is 8.44. The van der Waals surface area contributed by atoms with E-state index in [0.717, 1.165) is 19.3 Å². The van der Waals surface area contributed by atoms with Crippen molar-refractivity contribution >= 4 is 5.78 Å². The minimum absolute atomic E-state index is 0.0174. The first-order chi connectivity index (χ1) is 6.65. The fourth-order valence-electron chi connectivity index (χ4n) is 1.76. The molecule has 0 aromatic carbocycles. The van der Waals surface area contributed by atoms with Gasteiger partial charge in [-0.2, -0.15) is 0 Å². The van der Waals surface area contributed by atoms with Crippen LogP contribution in [0.15, 0.2) is 12.0 Å². The molecule has 14 heavy (non-hydrogen) atoms. The topological polar surface area (TPSA) is 60.8 Å². The van der Waals surface area contributed by atoms with Crippen LogP contribution in [-0.4, -0.2) is 40.1 Å². The van der Waals surface area contributed by atoms with E-state index in [1.807, 2.05) is 0 Å². The Balaban J connectivity index is 2.67. The molecule has 80 valence electrons. The Morgan fingerprint density at radius 2 is 2.29 bits per heavy atom. The van der Waals surface area contributed by atoms with Gasteiger partial charge >= 0.3 is 0 Å². The van der Waals surface area contributed by atoms with Crippen LogP contribution in [-0.2, 0) is 4.79 Å². The van der Waals surface area contributed by atoms with E-state index in [-0.39, 0.29) is 24.3 Å². The second-order valence-corrected chi connectivity index (χ2v) is 3.64. The maximum Gasteiger partial charge on any atom is 0.190 e. The summed E-state index contributed by atoms with van der Waals surface area (Å²) in [4.78, 5) is 12.5. The molecule has 1 unspecified atom stereocenters. The summed E-state index contributed by atoms with van der Waals surface area (Å²) in [6.07, 6.45) is 4.13. The summed E-state index contributed by atoms with van der Waals surface area (Å²) in [6.45, 7) is 2.13. The van der Waals surface area contributed by atoms with Crippen LogP contribution in [0.1, 0.15) is 26.2 Å². The second-order valence-electron chi connectivity index (χ2n) is 3.64. The fraction of sp³-hybridized carbons (Fsp3) is 0.700. The van der Waals surface area contributed by atoms with Crippen LogP contribution in [0.2, 0.25) is 0 Å². The van der Waals surface area contributed by atoms with Crippen LogP contribution in [0.3, 0.4) is 0 Å². The average Bonchev–Trinajstić information content (AvgIpc) is 2.16. The van der Waals surface area contributed by atoms with E-state index in [0.29, 0.717) is 6.54 Å². The Kier molecular flexibility index (Phi) is 3.95. The van der Waals surface area contributed by atoms with Crippen molar-refractivity contribution in [1.82, 2.24) is 4.90 Å². The van der Waals surface area contributed by atoms with Gasteiger partial charge in [0.05, 0.1) is 12.6 Å². The lowest BCUT2D eigenvalue weighted by molar-refractivity contribution is -0.113. The molecular formula is C10H17NO3. The Morgan fingerprint density at radius 3 is 2.86 bits per heavy atom. The van der Waals surface area contributed by atoms with E-state index in [2.05, 4.69) is 0 Å². The smallest absolute Gasteiger partial charge is 0.190 e. The van der Waals surface area contributed by atoms with Crippen LogP contribution in [0.5, 0.6) is 0 Å². The molecule has 1 fully saturated rings. The van der Waals surface area contributed by atoms with Crippen LogP contribution in [0.4, 0.5) is 0 Å². The molecule has 0 radical (unpaired) electrons. The van der Waals surface area contributed by atoms with Crippen molar-refractivity contribution < 1.29 is 15.0 Å². The lowest BCUT2D eigenvalue weighted by Gasteiger charge is -2.35. The minimum Gasteiger partial charge on any atom is -0.495 e. The summed E-state index contributed by atoms with van der Waals surface area (Å²) in [7, 11) is 0. The number of likely N-dealkylation sites (tertiary alicyclic amines) is 1. The molecule has 0 aromatic heterocycles. The first kappa shape index (κ1) is 11.0. The molecule has 0 spiro atoms. The van der Waals surface area contributed by atoms with Gasteiger partial charge in [-0.3, -0.25) is 4.79 Å². The fourth-order valence-corrected chi connectivity index (χ4v) is 1.76. The molecule has 4 heteroatoms. The number of carbonyl (C=O) groups is 1. The lowest BCUT2D eigenvalue weighted by Crippen LogP contribution is -2.41. The van der Waals surface area contributed by atoms with Gasteiger partial charge in [0.1, 0.15) is 0 Å². The van der Waals surface area contributed by atoms with Crippen molar-refractivity contribution in [1.29, 1.82) is 0 Å². The molecule has 0 aliphatic carbocycles. The Hall–Kier alpha value is -1.03. The number of ketones is 1. The van der Waals surface area contributed by atoms with Gasteiger partial charge in [0.15, 0.2) is 11.7 Å².